The van der Waals surface area contributed by atoms with Gasteiger partial charge < -0.3 is 19.5 Å². The van der Waals surface area contributed by atoms with Crippen LogP contribution < -0.4 is 10.2 Å². The Balaban J connectivity index is 0.00000150. The molecule has 160 valence electrons. The van der Waals surface area contributed by atoms with E-state index in [4.69, 9.17) is 4.42 Å². The molecular weight excluding hydrogens is 409 g/mol. The summed E-state index contributed by atoms with van der Waals surface area (Å²) in [4.78, 5) is 17.5. The van der Waals surface area contributed by atoms with Crippen LogP contribution in [0.1, 0.15) is 41.4 Å². The number of likely N-dealkylation sites (tertiary alicyclic amines) is 1. The van der Waals surface area contributed by atoms with E-state index in [0.29, 0.717) is 18.5 Å². The second kappa shape index (κ2) is 10.4. The van der Waals surface area contributed by atoms with Crippen molar-refractivity contribution >= 4 is 36.4 Å². The number of rotatable bonds is 5. The molecule has 0 spiro atoms. The zero-order valence-electron chi connectivity index (χ0n) is 17.1. The maximum absolute atomic E-state index is 13.2. The number of hydrogen-bond donors (Lipinski definition) is 1. The van der Waals surface area contributed by atoms with Crippen molar-refractivity contribution in [1.82, 2.24) is 10.2 Å². The highest BCUT2D eigenvalue weighted by atomic mass is 35.5. The van der Waals surface area contributed by atoms with E-state index >= 15 is 0 Å². The molecule has 7 heteroatoms. The van der Waals surface area contributed by atoms with Gasteiger partial charge in [0.05, 0.1) is 18.4 Å². The quantitative estimate of drug-likeness (QED) is 0.759. The average molecular weight is 440 g/mol. The number of fused-ring (bicyclic) bond motifs is 1. The first-order valence-corrected chi connectivity index (χ1v) is 10.0. The smallest absolute Gasteiger partial charge is 0.257 e. The van der Waals surface area contributed by atoms with Crippen LogP contribution >= 0.6 is 24.8 Å². The summed E-state index contributed by atoms with van der Waals surface area (Å²) < 4.78 is 5.77. The Morgan fingerprint density at radius 1 is 1.24 bits per heavy atom. The molecule has 1 aromatic heterocycles. The van der Waals surface area contributed by atoms with E-state index in [9.17, 15) is 4.79 Å². The molecule has 2 aliphatic rings. The van der Waals surface area contributed by atoms with Crippen molar-refractivity contribution in [3.63, 3.8) is 0 Å². The molecule has 0 radical (unpaired) electrons. The number of nitrogens with zero attached hydrogens (tertiary/aromatic N) is 2. The summed E-state index contributed by atoms with van der Waals surface area (Å²) in [6.45, 7) is 5.50. The van der Waals surface area contributed by atoms with Crippen LogP contribution in [0.3, 0.4) is 0 Å². The Morgan fingerprint density at radius 2 is 2.03 bits per heavy atom. The fourth-order valence-electron chi connectivity index (χ4n) is 4.55. The van der Waals surface area contributed by atoms with Crippen LogP contribution in [0.25, 0.3) is 0 Å². The van der Waals surface area contributed by atoms with Crippen molar-refractivity contribution in [3.05, 3.63) is 53.5 Å². The molecule has 1 aromatic carbocycles. The number of furan rings is 1. The molecule has 4 rings (SSSR count). The van der Waals surface area contributed by atoms with Crippen molar-refractivity contribution in [2.45, 2.75) is 38.8 Å². The zero-order valence-corrected chi connectivity index (χ0v) is 18.7. The first-order valence-electron chi connectivity index (χ1n) is 10.0. The number of nitrogens with one attached hydrogen (secondary N) is 1. The zero-order chi connectivity index (χ0) is 18.8. The lowest BCUT2D eigenvalue weighted by atomic mass is 9.97. The number of halogens is 2. The van der Waals surface area contributed by atoms with E-state index in [0.717, 1.165) is 43.8 Å². The maximum atomic E-state index is 13.2. The van der Waals surface area contributed by atoms with Gasteiger partial charge in [-0.3, -0.25) is 4.79 Å². The van der Waals surface area contributed by atoms with Gasteiger partial charge in [-0.05, 0) is 63.4 Å². The third kappa shape index (κ3) is 4.90. The Morgan fingerprint density at radius 3 is 2.83 bits per heavy atom. The summed E-state index contributed by atoms with van der Waals surface area (Å²) in [6, 6.07) is 10.8. The molecular formula is C22H31Cl2N3O2. The Labute approximate surface area is 185 Å². The molecule has 1 N–H and O–H groups in total. The second-order valence-electron chi connectivity index (χ2n) is 7.88. The highest BCUT2D eigenvalue weighted by Gasteiger charge is 2.30. The highest BCUT2D eigenvalue weighted by molar-refractivity contribution is 5.95. The number of benzene rings is 1. The SMILES string of the molecule is CNCC1CCCN(C(=O)c2ccoc2CN2c3ccccc3CC2C)C1.Cl.Cl. The van der Waals surface area contributed by atoms with Crippen LogP contribution in [0.15, 0.2) is 41.0 Å². The lowest BCUT2D eigenvalue weighted by molar-refractivity contribution is 0.0672. The van der Waals surface area contributed by atoms with E-state index in [-0.39, 0.29) is 30.7 Å². The summed E-state index contributed by atoms with van der Waals surface area (Å²) in [6.07, 6.45) is 4.95. The predicted molar refractivity (Wildman–Crippen MR) is 122 cm³/mol. The summed E-state index contributed by atoms with van der Waals surface area (Å²) in [7, 11) is 1.98. The van der Waals surface area contributed by atoms with Gasteiger partial charge in [0.25, 0.3) is 5.91 Å². The molecule has 3 heterocycles. The largest absolute Gasteiger partial charge is 0.467 e. The fraction of sp³-hybridized carbons (Fsp3) is 0.500. The maximum Gasteiger partial charge on any atom is 0.257 e. The number of carbonyl (C=O) groups is 1. The van der Waals surface area contributed by atoms with Crippen LogP contribution in [0.4, 0.5) is 5.69 Å². The van der Waals surface area contributed by atoms with Crippen molar-refractivity contribution in [3.8, 4) is 0 Å². The first kappa shape index (κ1) is 23.6. The summed E-state index contributed by atoms with van der Waals surface area (Å²) in [5.74, 6) is 1.42. The number of hydrogen-bond acceptors (Lipinski definition) is 4. The normalized spacial score (nSPS) is 20.6. The third-order valence-electron chi connectivity index (χ3n) is 5.94. The Bertz CT molecular complexity index is 809. The minimum absolute atomic E-state index is 0. The van der Waals surface area contributed by atoms with Gasteiger partial charge in [-0.25, -0.2) is 0 Å². The van der Waals surface area contributed by atoms with Gasteiger partial charge in [-0.1, -0.05) is 18.2 Å². The molecule has 29 heavy (non-hydrogen) atoms. The summed E-state index contributed by atoms with van der Waals surface area (Å²) >= 11 is 0. The Kier molecular flexibility index (Phi) is 8.44. The fourth-order valence-corrected chi connectivity index (χ4v) is 4.55. The number of anilines is 1. The Hall–Kier alpha value is -1.69. The predicted octanol–water partition coefficient (Wildman–Crippen LogP) is 4.15. The van der Waals surface area contributed by atoms with Crippen LogP contribution in [0, 0.1) is 5.92 Å². The summed E-state index contributed by atoms with van der Waals surface area (Å²) in [5.41, 5.74) is 3.35. The molecule has 2 atom stereocenters. The van der Waals surface area contributed by atoms with Crippen LogP contribution in [0.5, 0.6) is 0 Å². The van der Waals surface area contributed by atoms with Gasteiger partial charge in [-0.15, -0.1) is 24.8 Å². The van der Waals surface area contributed by atoms with Crippen LogP contribution in [0.2, 0.25) is 0 Å². The second-order valence-corrected chi connectivity index (χ2v) is 7.88. The van der Waals surface area contributed by atoms with Crippen molar-refractivity contribution in [2.75, 3.05) is 31.6 Å². The van der Waals surface area contributed by atoms with E-state index in [2.05, 4.69) is 41.4 Å². The van der Waals surface area contributed by atoms with E-state index in [1.165, 1.54) is 17.7 Å². The van der Waals surface area contributed by atoms with Gasteiger partial charge in [0, 0.05) is 24.8 Å². The minimum atomic E-state index is 0. The lowest BCUT2D eigenvalue weighted by Crippen LogP contribution is -2.42. The average Bonchev–Trinajstić information content (AvgIpc) is 3.27. The third-order valence-corrected chi connectivity index (χ3v) is 5.94. The topological polar surface area (TPSA) is 48.7 Å². The van der Waals surface area contributed by atoms with E-state index in [1.807, 2.05) is 18.0 Å². The number of piperidine rings is 1. The van der Waals surface area contributed by atoms with Gasteiger partial charge in [0.15, 0.2) is 0 Å². The van der Waals surface area contributed by atoms with Crippen LogP contribution in [-0.2, 0) is 13.0 Å². The molecule has 1 amide bonds. The van der Waals surface area contributed by atoms with E-state index in [1.54, 1.807) is 6.26 Å². The standard InChI is InChI=1S/C22H29N3O2.2ClH/c1-16-12-18-7-3-4-8-20(18)25(16)15-21-19(9-11-27-21)22(26)24-10-5-6-17(14-24)13-23-2;;/h3-4,7-9,11,16-17,23H,5-6,10,12-15H2,1-2H3;2*1H. The molecule has 0 aliphatic carbocycles. The highest BCUT2D eigenvalue weighted by Crippen LogP contribution is 2.34. The van der Waals surface area contributed by atoms with Gasteiger partial charge in [0.1, 0.15) is 5.76 Å². The minimum Gasteiger partial charge on any atom is -0.467 e. The lowest BCUT2D eigenvalue weighted by Gasteiger charge is -2.33. The number of amides is 1. The summed E-state index contributed by atoms with van der Waals surface area (Å²) in [5, 5.41) is 3.24. The van der Waals surface area contributed by atoms with E-state index < -0.39 is 0 Å². The molecule has 2 aromatic rings. The molecule has 0 bridgehead atoms. The van der Waals surface area contributed by atoms with Gasteiger partial charge in [-0.2, -0.15) is 0 Å². The van der Waals surface area contributed by atoms with Crippen molar-refractivity contribution in [2.24, 2.45) is 5.92 Å². The van der Waals surface area contributed by atoms with Crippen molar-refractivity contribution in [1.29, 1.82) is 0 Å². The molecule has 2 unspecified atom stereocenters. The molecule has 0 saturated carbocycles. The van der Waals surface area contributed by atoms with Gasteiger partial charge >= 0.3 is 0 Å². The molecule has 1 saturated heterocycles. The molecule has 5 nitrogen and oxygen atoms in total. The van der Waals surface area contributed by atoms with Gasteiger partial charge in [0.2, 0.25) is 0 Å². The number of carbonyl (C=O) groups excluding carboxylic acids is 1. The first-order chi connectivity index (χ1) is 13.2. The molecule has 1 fully saturated rings. The van der Waals surface area contributed by atoms with Crippen LogP contribution in [-0.4, -0.2) is 43.5 Å². The number of para-hydroxylation sites is 1. The monoisotopic (exact) mass is 439 g/mol. The van der Waals surface area contributed by atoms with Crippen molar-refractivity contribution < 1.29 is 9.21 Å². The molecule has 2 aliphatic heterocycles.